The number of nitrogens with two attached hydrogens (primary N) is 1. The lowest BCUT2D eigenvalue weighted by molar-refractivity contribution is -0.133. The van der Waals surface area contributed by atoms with E-state index in [1.54, 1.807) is 6.07 Å². The van der Waals surface area contributed by atoms with Crippen LogP contribution >= 0.6 is 48.0 Å². The van der Waals surface area contributed by atoms with Gasteiger partial charge in [0.15, 0.2) is 0 Å². The molecule has 0 aliphatic carbocycles. The molecular formula is C31H44Cl4N4O2. The number of rotatable bonds is 8. The number of carbonyl (C=O) groups excluding carboxylic acids is 2. The first-order chi connectivity index (χ1) is 18.4. The van der Waals surface area contributed by atoms with Crippen molar-refractivity contribution in [3.8, 4) is 0 Å². The van der Waals surface area contributed by atoms with Crippen molar-refractivity contribution in [1.29, 1.82) is 0 Å². The van der Waals surface area contributed by atoms with Gasteiger partial charge in [-0.3, -0.25) is 14.5 Å². The molecular weight excluding hydrogens is 602 g/mol. The number of benzene rings is 2. The predicted molar refractivity (Wildman–Crippen MR) is 174 cm³/mol. The van der Waals surface area contributed by atoms with Gasteiger partial charge in [-0.2, -0.15) is 0 Å². The Balaban J connectivity index is 0.00000294. The van der Waals surface area contributed by atoms with Gasteiger partial charge < -0.3 is 15.5 Å². The van der Waals surface area contributed by atoms with Gasteiger partial charge in [-0.25, -0.2) is 0 Å². The molecule has 1 unspecified atom stereocenters. The van der Waals surface area contributed by atoms with E-state index in [4.69, 9.17) is 28.9 Å². The van der Waals surface area contributed by atoms with Crippen LogP contribution in [0.2, 0.25) is 10.0 Å². The van der Waals surface area contributed by atoms with Crippen LogP contribution in [0.15, 0.2) is 36.4 Å². The Morgan fingerprint density at radius 2 is 1.56 bits per heavy atom. The molecule has 2 saturated heterocycles. The molecule has 0 bridgehead atoms. The lowest BCUT2D eigenvalue weighted by atomic mass is 9.71. The van der Waals surface area contributed by atoms with Crippen molar-refractivity contribution < 1.29 is 9.59 Å². The fraction of sp³-hybridized carbons (Fsp3) is 0.548. The van der Waals surface area contributed by atoms with Crippen molar-refractivity contribution in [2.75, 3.05) is 45.8 Å². The predicted octanol–water partition coefficient (Wildman–Crippen LogP) is 5.83. The highest BCUT2D eigenvalue weighted by atomic mass is 35.5. The molecule has 10 heteroatoms. The molecule has 2 heterocycles. The van der Waals surface area contributed by atoms with Crippen LogP contribution in [0.4, 0.5) is 0 Å². The van der Waals surface area contributed by atoms with Crippen LogP contribution in [-0.2, 0) is 21.4 Å². The minimum Gasteiger partial charge on any atom is -0.368 e. The molecule has 4 rings (SSSR count). The van der Waals surface area contributed by atoms with E-state index in [1.165, 1.54) is 16.7 Å². The number of amides is 2. The lowest BCUT2D eigenvalue weighted by Gasteiger charge is -2.46. The number of halogens is 4. The van der Waals surface area contributed by atoms with Gasteiger partial charge in [0.1, 0.15) is 0 Å². The van der Waals surface area contributed by atoms with Crippen molar-refractivity contribution in [3.05, 3.63) is 68.7 Å². The van der Waals surface area contributed by atoms with E-state index in [0.717, 1.165) is 64.1 Å². The molecule has 2 aromatic carbocycles. The molecule has 1 atom stereocenters. The average molecular weight is 647 g/mol. The van der Waals surface area contributed by atoms with Crippen molar-refractivity contribution in [1.82, 2.24) is 14.7 Å². The fourth-order valence-corrected chi connectivity index (χ4v) is 6.63. The molecule has 2 fully saturated rings. The van der Waals surface area contributed by atoms with Crippen LogP contribution in [0.1, 0.15) is 55.4 Å². The third kappa shape index (κ3) is 8.52. The molecule has 0 radical (unpaired) electrons. The summed E-state index contributed by atoms with van der Waals surface area (Å²) in [5.41, 5.74) is 9.64. The van der Waals surface area contributed by atoms with Gasteiger partial charge in [0, 0.05) is 54.7 Å². The number of piperidine rings is 1. The van der Waals surface area contributed by atoms with Crippen LogP contribution in [-0.4, -0.2) is 77.9 Å². The Bertz CT molecular complexity index is 1200. The second kappa shape index (κ2) is 14.8. The summed E-state index contributed by atoms with van der Waals surface area (Å²) in [5, 5.41) is 1.10. The maximum absolute atomic E-state index is 13.5. The first-order valence-corrected chi connectivity index (χ1v) is 14.7. The number of piperazine rings is 1. The number of likely N-dealkylation sites (tertiary alicyclic amines) is 1. The van der Waals surface area contributed by atoms with E-state index < -0.39 is 5.54 Å². The van der Waals surface area contributed by atoms with E-state index in [-0.39, 0.29) is 42.0 Å². The summed E-state index contributed by atoms with van der Waals surface area (Å²) in [7, 11) is 0. The Morgan fingerprint density at radius 1 is 0.927 bits per heavy atom. The number of hydrogen-bond donors (Lipinski definition) is 1. The summed E-state index contributed by atoms with van der Waals surface area (Å²) >= 11 is 12.4. The first-order valence-electron chi connectivity index (χ1n) is 14.0. The fourth-order valence-electron chi connectivity index (χ4n) is 6.06. The molecule has 0 saturated carbocycles. The van der Waals surface area contributed by atoms with Gasteiger partial charge in [0.2, 0.25) is 11.8 Å². The second-order valence-corrected chi connectivity index (χ2v) is 12.8. The molecule has 2 amide bonds. The third-order valence-electron chi connectivity index (χ3n) is 9.00. The summed E-state index contributed by atoms with van der Waals surface area (Å²) < 4.78 is 0. The number of nitrogens with zero attached hydrogens (tertiary/aromatic N) is 3. The van der Waals surface area contributed by atoms with E-state index in [2.05, 4.69) is 41.8 Å². The zero-order chi connectivity index (χ0) is 28.4. The third-order valence-corrected chi connectivity index (χ3v) is 9.44. The zero-order valence-corrected chi connectivity index (χ0v) is 27.7. The summed E-state index contributed by atoms with van der Waals surface area (Å²) in [6, 6.07) is 12.1. The second-order valence-electron chi connectivity index (χ2n) is 12.0. The van der Waals surface area contributed by atoms with Gasteiger partial charge >= 0.3 is 0 Å². The Kier molecular flexibility index (Phi) is 12.8. The van der Waals surface area contributed by atoms with Gasteiger partial charge in [-0.1, -0.05) is 41.4 Å². The molecule has 0 aromatic heterocycles. The van der Waals surface area contributed by atoms with Gasteiger partial charge in [-0.05, 0) is 94.0 Å². The lowest BCUT2D eigenvalue weighted by Crippen LogP contribution is -2.60. The summed E-state index contributed by atoms with van der Waals surface area (Å²) in [5.74, 6) is -0.166. The van der Waals surface area contributed by atoms with Crippen molar-refractivity contribution >= 4 is 59.8 Å². The van der Waals surface area contributed by atoms with Crippen LogP contribution < -0.4 is 5.73 Å². The monoisotopic (exact) mass is 644 g/mol. The maximum Gasteiger partial charge on any atom is 0.237 e. The smallest absolute Gasteiger partial charge is 0.237 e. The molecule has 2 aliphatic heterocycles. The summed E-state index contributed by atoms with van der Waals surface area (Å²) in [4.78, 5) is 32.2. The van der Waals surface area contributed by atoms with E-state index in [9.17, 15) is 9.59 Å². The highest BCUT2D eigenvalue weighted by Crippen LogP contribution is 2.39. The summed E-state index contributed by atoms with van der Waals surface area (Å²) in [6.45, 7) is 14.0. The molecule has 228 valence electrons. The Morgan fingerprint density at radius 3 is 2.15 bits per heavy atom. The van der Waals surface area contributed by atoms with E-state index >= 15 is 0 Å². The quantitative estimate of drug-likeness (QED) is 0.392. The van der Waals surface area contributed by atoms with E-state index in [1.807, 2.05) is 30.9 Å². The Labute approximate surface area is 267 Å². The topological polar surface area (TPSA) is 69.9 Å². The SMILES string of the molecule is Cc1ccc(C2(CCN3CCN(C(C)(C)C(N)=O)CC3)CCCN(C(=O)Cc3cc(Cl)cc(Cl)c3)C2)cc1C.Cl.Cl. The van der Waals surface area contributed by atoms with Crippen LogP contribution in [0, 0.1) is 13.8 Å². The number of hydrogen-bond acceptors (Lipinski definition) is 4. The molecule has 2 aliphatic rings. The van der Waals surface area contributed by atoms with Gasteiger partial charge in [-0.15, -0.1) is 24.8 Å². The molecule has 0 spiro atoms. The minimum absolute atomic E-state index is 0. The van der Waals surface area contributed by atoms with Crippen molar-refractivity contribution in [2.24, 2.45) is 5.73 Å². The van der Waals surface area contributed by atoms with Crippen LogP contribution in [0.25, 0.3) is 0 Å². The zero-order valence-electron chi connectivity index (χ0n) is 24.6. The van der Waals surface area contributed by atoms with Crippen LogP contribution in [0.3, 0.4) is 0 Å². The number of carbonyl (C=O) groups is 2. The minimum atomic E-state index is -0.635. The van der Waals surface area contributed by atoms with Crippen molar-refractivity contribution in [3.63, 3.8) is 0 Å². The highest BCUT2D eigenvalue weighted by Gasteiger charge is 2.40. The van der Waals surface area contributed by atoms with Gasteiger partial charge in [0.05, 0.1) is 12.0 Å². The highest BCUT2D eigenvalue weighted by molar-refractivity contribution is 6.34. The maximum atomic E-state index is 13.5. The van der Waals surface area contributed by atoms with Crippen molar-refractivity contribution in [2.45, 2.75) is 64.3 Å². The number of primary amides is 1. The largest absolute Gasteiger partial charge is 0.368 e. The van der Waals surface area contributed by atoms with Crippen LogP contribution in [0.5, 0.6) is 0 Å². The molecule has 41 heavy (non-hydrogen) atoms. The average Bonchev–Trinajstić information content (AvgIpc) is 2.88. The van der Waals surface area contributed by atoms with E-state index in [0.29, 0.717) is 23.0 Å². The molecule has 6 nitrogen and oxygen atoms in total. The van der Waals surface area contributed by atoms with Gasteiger partial charge in [0.25, 0.3) is 0 Å². The molecule has 2 aromatic rings. The summed E-state index contributed by atoms with van der Waals surface area (Å²) in [6.07, 6.45) is 3.29. The Hall–Kier alpha value is -1.54. The number of aryl methyl sites for hydroxylation is 2. The normalized spacial score (nSPS) is 20.2. The standard InChI is InChI=1S/C31H42Cl2N4O2.2ClH/c1-22-6-7-25(16-23(22)2)31(9-11-35-12-14-37(15-13-35)30(3,4)29(34)39)8-5-10-36(21-31)28(38)19-24-17-26(32)20-27(33)18-24;;/h6-7,16-18,20H,5,8-15,19,21H2,1-4H3,(H2,34,39);2*1H. The molecule has 2 N–H and O–H groups in total. The first kappa shape index (κ1) is 35.7.